The molecule has 0 radical (unpaired) electrons. The van der Waals surface area contributed by atoms with Gasteiger partial charge in [0.25, 0.3) is 0 Å². The second-order valence-corrected chi connectivity index (χ2v) is 13.5. The number of carbonyl (C=O) groups is 3. The van der Waals surface area contributed by atoms with Crippen LogP contribution in [-0.2, 0) is 35.2 Å². The molecular weight excluding hydrogens is 586 g/mol. The number of likely N-dealkylation sites (tertiary alicyclic amines) is 1. The van der Waals surface area contributed by atoms with E-state index in [1.165, 1.54) is 6.92 Å². The highest BCUT2D eigenvalue weighted by atomic mass is 16.7. The number of hydrogen-bond acceptors (Lipinski definition) is 8. The minimum absolute atomic E-state index is 0.0354. The molecule has 2 heterocycles. The second kappa shape index (κ2) is 16.5. The average Bonchev–Trinajstić information content (AvgIpc) is 3.47. The Bertz CT molecular complexity index is 1310. The van der Waals surface area contributed by atoms with Gasteiger partial charge in [0.05, 0.1) is 18.8 Å². The number of rotatable bonds is 13. The van der Waals surface area contributed by atoms with Gasteiger partial charge in [0.15, 0.2) is 6.29 Å². The highest BCUT2D eigenvalue weighted by Crippen LogP contribution is 2.42. The van der Waals surface area contributed by atoms with Crippen molar-refractivity contribution in [3.63, 3.8) is 0 Å². The Morgan fingerprint density at radius 2 is 1.78 bits per heavy atom. The van der Waals surface area contributed by atoms with E-state index in [0.29, 0.717) is 25.2 Å². The number of anilines is 1. The quantitative estimate of drug-likeness (QED) is 0.197. The van der Waals surface area contributed by atoms with E-state index in [-0.39, 0.29) is 48.6 Å². The summed E-state index contributed by atoms with van der Waals surface area (Å²) in [7, 11) is 0. The molecular formula is C36H51N3O7. The van der Waals surface area contributed by atoms with E-state index >= 15 is 0 Å². The molecule has 2 aromatic carbocycles. The van der Waals surface area contributed by atoms with Crippen LogP contribution in [0.2, 0.25) is 0 Å². The summed E-state index contributed by atoms with van der Waals surface area (Å²) in [6.45, 7) is 11.2. The number of carbonyl (C=O) groups excluding carboxylic acids is 3. The molecule has 0 aromatic heterocycles. The number of nitrogens with one attached hydrogen (secondary N) is 2. The van der Waals surface area contributed by atoms with Gasteiger partial charge in [0, 0.05) is 43.6 Å². The number of ether oxygens (including phenoxy) is 3. The molecule has 4 rings (SSSR count). The fourth-order valence-electron chi connectivity index (χ4n) is 6.08. The van der Waals surface area contributed by atoms with Crippen LogP contribution >= 0.6 is 0 Å². The predicted octanol–water partition coefficient (Wildman–Crippen LogP) is 5.41. The van der Waals surface area contributed by atoms with Gasteiger partial charge in [-0.25, -0.2) is 0 Å². The molecule has 0 saturated carbocycles. The summed E-state index contributed by atoms with van der Waals surface area (Å²) in [5, 5.41) is 15.3. The zero-order chi connectivity index (χ0) is 33.3. The lowest BCUT2D eigenvalue weighted by Gasteiger charge is -2.43. The zero-order valence-electron chi connectivity index (χ0n) is 27.9. The molecule has 2 aliphatic rings. The molecule has 46 heavy (non-hydrogen) atoms. The Kier molecular flexibility index (Phi) is 12.7. The summed E-state index contributed by atoms with van der Waals surface area (Å²) in [6, 6.07) is 15.0. The van der Waals surface area contributed by atoms with Gasteiger partial charge in [-0.3, -0.25) is 19.3 Å². The van der Waals surface area contributed by atoms with Crippen LogP contribution in [0.25, 0.3) is 0 Å². The van der Waals surface area contributed by atoms with Crippen LogP contribution in [0, 0.1) is 5.92 Å². The van der Waals surface area contributed by atoms with Crippen molar-refractivity contribution in [2.45, 2.75) is 110 Å². The van der Waals surface area contributed by atoms with Gasteiger partial charge < -0.3 is 30.0 Å². The van der Waals surface area contributed by atoms with Crippen molar-refractivity contribution in [1.82, 2.24) is 10.2 Å². The number of aliphatic hydroxyl groups excluding tert-OH is 1. The molecule has 0 unspecified atom stereocenters. The Morgan fingerprint density at radius 3 is 2.48 bits per heavy atom. The van der Waals surface area contributed by atoms with E-state index < -0.39 is 11.9 Å². The van der Waals surface area contributed by atoms with E-state index in [1.54, 1.807) is 0 Å². The summed E-state index contributed by atoms with van der Waals surface area (Å²) in [5.41, 5.74) is 2.70. The third-order valence-electron chi connectivity index (χ3n) is 8.48. The number of unbranched alkanes of at least 4 members (excludes halogenated alkanes) is 2. The van der Waals surface area contributed by atoms with Crippen molar-refractivity contribution in [3.8, 4) is 0 Å². The highest BCUT2D eigenvalue weighted by molar-refractivity contribution is 5.90. The molecule has 2 aromatic rings. The van der Waals surface area contributed by atoms with Gasteiger partial charge in [-0.15, -0.1) is 0 Å². The third-order valence-corrected chi connectivity index (χ3v) is 8.48. The number of amides is 2. The number of hydrogen-bond donors (Lipinski definition) is 3. The lowest BCUT2D eigenvalue weighted by atomic mass is 9.90. The first kappa shape index (κ1) is 35.5. The van der Waals surface area contributed by atoms with Crippen molar-refractivity contribution in [2.75, 3.05) is 25.0 Å². The Balaban J connectivity index is 1.48. The van der Waals surface area contributed by atoms with Crippen LogP contribution in [-0.4, -0.2) is 65.2 Å². The van der Waals surface area contributed by atoms with Gasteiger partial charge in [-0.05, 0) is 76.3 Å². The molecule has 0 spiro atoms. The normalized spacial score (nSPS) is 23.6. The fraction of sp³-hybridized carbons (Fsp3) is 0.583. The first-order valence-electron chi connectivity index (χ1n) is 16.6. The smallest absolute Gasteiger partial charge is 0.323 e. The van der Waals surface area contributed by atoms with Crippen LogP contribution < -0.4 is 10.6 Å². The van der Waals surface area contributed by atoms with Gasteiger partial charge in [0.2, 0.25) is 11.8 Å². The molecule has 2 amide bonds. The standard InChI is InChI=1S/C36H51N3O7/c1-24-31(22-39-20-10-13-30(39)34(43)46-36(3,4)5)44-35(45-33(24)27-17-15-26(23-40)16-18-27)28-11-9-12-29(21-28)38-32(42)14-7-6-8-19-37-25(2)41/h9,11-12,15-18,21,24,30-31,33,35,40H,6-8,10,13-14,19-20,22-23H2,1-5H3,(H,37,41)(H,38,42)/t24-,30+,31+,33+,35+/m1/s1. The molecule has 0 aliphatic carbocycles. The van der Waals surface area contributed by atoms with E-state index in [9.17, 15) is 19.5 Å². The van der Waals surface area contributed by atoms with E-state index in [1.807, 2.05) is 69.3 Å². The van der Waals surface area contributed by atoms with E-state index in [2.05, 4.69) is 22.5 Å². The molecule has 2 aliphatic heterocycles. The van der Waals surface area contributed by atoms with Crippen LogP contribution in [0.5, 0.6) is 0 Å². The number of esters is 1. The maximum Gasteiger partial charge on any atom is 0.323 e. The summed E-state index contributed by atoms with van der Waals surface area (Å²) in [6.07, 6.45) is 3.22. The minimum Gasteiger partial charge on any atom is -0.459 e. The second-order valence-electron chi connectivity index (χ2n) is 13.5. The summed E-state index contributed by atoms with van der Waals surface area (Å²) < 4.78 is 19.0. The third kappa shape index (κ3) is 10.4. The van der Waals surface area contributed by atoms with Crippen molar-refractivity contribution < 1.29 is 33.7 Å². The van der Waals surface area contributed by atoms with Gasteiger partial charge >= 0.3 is 5.97 Å². The van der Waals surface area contributed by atoms with Gasteiger partial charge in [-0.2, -0.15) is 0 Å². The van der Waals surface area contributed by atoms with E-state index in [4.69, 9.17) is 14.2 Å². The van der Waals surface area contributed by atoms with Crippen molar-refractivity contribution in [2.24, 2.45) is 5.92 Å². The minimum atomic E-state index is -0.697. The molecule has 0 bridgehead atoms. The van der Waals surface area contributed by atoms with Crippen molar-refractivity contribution in [1.29, 1.82) is 0 Å². The Hall–Kier alpha value is -3.31. The maximum absolute atomic E-state index is 13.1. The SMILES string of the molecule is CC(=O)NCCCCCC(=O)Nc1cccc([C@H]2O[C@@H](CN3CCC[C@H]3C(=O)OC(C)(C)C)[C@@H](C)[C@@H](c3ccc(CO)cc3)O2)c1. The monoisotopic (exact) mass is 637 g/mol. The Morgan fingerprint density at radius 1 is 1.02 bits per heavy atom. The van der Waals surface area contributed by atoms with Gasteiger partial charge in [-0.1, -0.05) is 49.7 Å². The van der Waals surface area contributed by atoms with E-state index in [0.717, 1.165) is 55.3 Å². The number of nitrogens with zero attached hydrogens (tertiary/aromatic N) is 1. The predicted molar refractivity (Wildman–Crippen MR) is 176 cm³/mol. The summed E-state index contributed by atoms with van der Waals surface area (Å²) >= 11 is 0. The molecule has 252 valence electrons. The topological polar surface area (TPSA) is 126 Å². The van der Waals surface area contributed by atoms with Gasteiger partial charge in [0.1, 0.15) is 11.6 Å². The fourth-order valence-corrected chi connectivity index (χ4v) is 6.08. The molecule has 2 fully saturated rings. The molecule has 5 atom stereocenters. The molecule has 10 heteroatoms. The highest BCUT2D eigenvalue weighted by Gasteiger charge is 2.42. The van der Waals surface area contributed by atoms with Crippen LogP contribution in [0.15, 0.2) is 48.5 Å². The summed E-state index contributed by atoms with van der Waals surface area (Å²) in [5.74, 6) is -0.354. The largest absolute Gasteiger partial charge is 0.459 e. The van der Waals surface area contributed by atoms with Crippen molar-refractivity contribution >= 4 is 23.5 Å². The lowest BCUT2D eigenvalue weighted by molar-refractivity contribution is -0.276. The average molecular weight is 638 g/mol. The van der Waals surface area contributed by atoms with Crippen LogP contribution in [0.4, 0.5) is 5.69 Å². The van der Waals surface area contributed by atoms with Crippen LogP contribution in [0.3, 0.4) is 0 Å². The molecule has 3 N–H and O–H groups in total. The summed E-state index contributed by atoms with van der Waals surface area (Å²) in [4.78, 5) is 39.0. The van der Waals surface area contributed by atoms with Crippen LogP contribution in [0.1, 0.15) is 102 Å². The number of aliphatic hydroxyl groups is 1. The lowest BCUT2D eigenvalue weighted by Crippen LogP contribution is -2.48. The number of benzene rings is 2. The zero-order valence-corrected chi connectivity index (χ0v) is 27.9. The first-order valence-corrected chi connectivity index (χ1v) is 16.6. The molecule has 10 nitrogen and oxygen atoms in total. The molecule has 2 saturated heterocycles. The Labute approximate surface area is 273 Å². The first-order chi connectivity index (χ1) is 21.9. The van der Waals surface area contributed by atoms with Crippen molar-refractivity contribution in [3.05, 3.63) is 65.2 Å². The maximum atomic E-state index is 13.1.